The van der Waals surface area contributed by atoms with E-state index in [1.165, 1.54) is 31.2 Å². The van der Waals surface area contributed by atoms with Crippen LogP contribution in [0.4, 0.5) is 5.95 Å². The lowest BCUT2D eigenvalue weighted by Crippen LogP contribution is -2.38. The summed E-state index contributed by atoms with van der Waals surface area (Å²) in [4.78, 5) is 23.4. The SMILES string of the molecule is CCNc1ncc(C(=O)NC[C@@H](c2ccccc2)N2CCCCCC2)cn1. The number of aromatic nitrogens is 2. The molecule has 0 radical (unpaired) electrons. The van der Waals surface area contributed by atoms with Crippen LogP contribution in [0.5, 0.6) is 0 Å². The molecule has 6 nitrogen and oxygen atoms in total. The lowest BCUT2D eigenvalue weighted by atomic mass is 10.0. The van der Waals surface area contributed by atoms with Crippen molar-refractivity contribution in [2.75, 3.05) is 31.5 Å². The van der Waals surface area contributed by atoms with Crippen molar-refractivity contribution < 1.29 is 4.79 Å². The molecule has 2 N–H and O–H groups in total. The summed E-state index contributed by atoms with van der Waals surface area (Å²) in [5, 5.41) is 6.12. The molecule has 3 rings (SSSR count). The topological polar surface area (TPSA) is 70.2 Å². The van der Waals surface area contributed by atoms with Crippen molar-refractivity contribution in [2.24, 2.45) is 0 Å². The van der Waals surface area contributed by atoms with Gasteiger partial charge in [0.15, 0.2) is 0 Å². The van der Waals surface area contributed by atoms with Gasteiger partial charge in [-0.2, -0.15) is 0 Å². The first-order chi connectivity index (χ1) is 13.3. The summed E-state index contributed by atoms with van der Waals surface area (Å²) in [5.41, 5.74) is 1.73. The van der Waals surface area contributed by atoms with E-state index in [4.69, 9.17) is 0 Å². The van der Waals surface area contributed by atoms with Gasteiger partial charge in [0.1, 0.15) is 0 Å². The fraction of sp³-hybridized carbons (Fsp3) is 0.476. The third-order valence-electron chi connectivity index (χ3n) is 4.97. The zero-order valence-corrected chi connectivity index (χ0v) is 16.0. The summed E-state index contributed by atoms with van der Waals surface area (Å²) in [6.45, 7) is 5.47. The number of nitrogens with zero attached hydrogens (tertiary/aromatic N) is 3. The molecule has 2 heterocycles. The maximum absolute atomic E-state index is 12.6. The lowest BCUT2D eigenvalue weighted by Gasteiger charge is -2.31. The molecule has 1 aromatic carbocycles. The molecule has 0 saturated carbocycles. The second-order valence-electron chi connectivity index (χ2n) is 6.91. The van der Waals surface area contributed by atoms with E-state index in [1.54, 1.807) is 12.4 Å². The van der Waals surface area contributed by atoms with Crippen molar-refractivity contribution in [3.8, 4) is 0 Å². The first-order valence-corrected chi connectivity index (χ1v) is 9.91. The molecule has 2 aromatic rings. The molecule has 1 saturated heterocycles. The van der Waals surface area contributed by atoms with Crippen molar-refractivity contribution in [2.45, 2.75) is 38.6 Å². The molecule has 1 aliphatic rings. The molecule has 27 heavy (non-hydrogen) atoms. The Labute approximate surface area is 161 Å². The van der Waals surface area contributed by atoms with E-state index in [-0.39, 0.29) is 11.9 Å². The molecule has 1 aromatic heterocycles. The van der Waals surface area contributed by atoms with Crippen molar-refractivity contribution in [3.63, 3.8) is 0 Å². The standard InChI is InChI=1S/C21H29N5O/c1-2-22-21-24-14-18(15-25-21)20(27)23-16-19(17-10-6-5-7-11-17)26-12-8-3-4-9-13-26/h5-7,10-11,14-15,19H,2-4,8-9,12-13,16H2,1H3,(H,23,27)(H,22,24,25)/t19-/m0/s1. The van der Waals surface area contributed by atoms with Crippen LogP contribution in [-0.4, -0.2) is 47.0 Å². The highest BCUT2D eigenvalue weighted by molar-refractivity contribution is 5.93. The molecule has 1 fully saturated rings. The summed E-state index contributed by atoms with van der Waals surface area (Å²) in [6.07, 6.45) is 8.17. The fourth-order valence-corrected chi connectivity index (χ4v) is 3.53. The van der Waals surface area contributed by atoms with Crippen molar-refractivity contribution in [1.82, 2.24) is 20.2 Å². The van der Waals surface area contributed by atoms with E-state index in [9.17, 15) is 4.79 Å². The van der Waals surface area contributed by atoms with Gasteiger partial charge in [-0.3, -0.25) is 9.69 Å². The van der Waals surface area contributed by atoms with Crippen LogP contribution in [0, 0.1) is 0 Å². The van der Waals surface area contributed by atoms with E-state index >= 15 is 0 Å². The number of likely N-dealkylation sites (tertiary alicyclic amines) is 1. The summed E-state index contributed by atoms with van der Waals surface area (Å²) >= 11 is 0. The van der Waals surface area contributed by atoms with Crippen molar-refractivity contribution >= 4 is 11.9 Å². The Morgan fingerprint density at radius 1 is 1.07 bits per heavy atom. The number of nitrogens with one attached hydrogen (secondary N) is 2. The minimum absolute atomic E-state index is 0.131. The number of benzene rings is 1. The van der Waals surface area contributed by atoms with Crippen LogP contribution in [0.25, 0.3) is 0 Å². The van der Waals surface area contributed by atoms with Gasteiger partial charge in [0, 0.05) is 25.5 Å². The second kappa shape index (κ2) is 10.0. The number of hydrogen-bond acceptors (Lipinski definition) is 5. The first kappa shape index (κ1) is 19.3. The van der Waals surface area contributed by atoms with Gasteiger partial charge in [-0.1, -0.05) is 43.2 Å². The summed E-state index contributed by atoms with van der Waals surface area (Å²) in [5.74, 6) is 0.412. The Morgan fingerprint density at radius 2 is 1.74 bits per heavy atom. The van der Waals surface area contributed by atoms with Gasteiger partial charge in [0.2, 0.25) is 5.95 Å². The average molecular weight is 367 g/mol. The first-order valence-electron chi connectivity index (χ1n) is 9.91. The molecular formula is C21H29N5O. The van der Waals surface area contributed by atoms with E-state index in [0.717, 1.165) is 19.6 Å². The van der Waals surface area contributed by atoms with Gasteiger partial charge >= 0.3 is 0 Å². The van der Waals surface area contributed by atoms with E-state index in [2.05, 4.69) is 49.8 Å². The fourth-order valence-electron chi connectivity index (χ4n) is 3.53. The predicted octanol–water partition coefficient (Wildman–Crippen LogP) is 3.26. The monoisotopic (exact) mass is 367 g/mol. The number of hydrogen-bond donors (Lipinski definition) is 2. The average Bonchev–Trinajstić information content (AvgIpc) is 2.99. The Balaban J connectivity index is 1.67. The summed E-state index contributed by atoms with van der Waals surface area (Å²) < 4.78 is 0. The number of anilines is 1. The van der Waals surface area contributed by atoms with Crippen LogP contribution >= 0.6 is 0 Å². The van der Waals surface area contributed by atoms with Gasteiger partial charge in [0.05, 0.1) is 11.6 Å². The zero-order valence-electron chi connectivity index (χ0n) is 16.0. The summed E-state index contributed by atoms with van der Waals surface area (Å²) in [7, 11) is 0. The number of carbonyl (C=O) groups excluding carboxylic acids is 1. The minimum Gasteiger partial charge on any atom is -0.355 e. The molecule has 1 amide bonds. The molecule has 0 unspecified atom stereocenters. The van der Waals surface area contributed by atoms with Gasteiger partial charge < -0.3 is 10.6 Å². The number of rotatable bonds is 7. The molecule has 0 bridgehead atoms. The smallest absolute Gasteiger partial charge is 0.254 e. The van der Waals surface area contributed by atoms with Crippen LogP contribution in [-0.2, 0) is 0 Å². The van der Waals surface area contributed by atoms with Gasteiger partial charge in [-0.15, -0.1) is 0 Å². The normalized spacial score (nSPS) is 16.3. The Kier molecular flexibility index (Phi) is 7.16. The largest absolute Gasteiger partial charge is 0.355 e. The van der Waals surface area contributed by atoms with Crippen LogP contribution in [0.15, 0.2) is 42.7 Å². The molecule has 0 spiro atoms. The zero-order chi connectivity index (χ0) is 18.9. The van der Waals surface area contributed by atoms with Crippen LogP contribution in [0.3, 0.4) is 0 Å². The van der Waals surface area contributed by atoms with E-state index in [0.29, 0.717) is 18.1 Å². The van der Waals surface area contributed by atoms with Gasteiger partial charge in [-0.05, 0) is 38.4 Å². The highest BCUT2D eigenvalue weighted by Gasteiger charge is 2.22. The molecule has 1 aliphatic heterocycles. The maximum atomic E-state index is 12.6. The maximum Gasteiger partial charge on any atom is 0.254 e. The lowest BCUT2D eigenvalue weighted by molar-refractivity contribution is 0.0932. The molecule has 1 atom stereocenters. The second-order valence-corrected chi connectivity index (χ2v) is 6.91. The predicted molar refractivity (Wildman–Crippen MR) is 108 cm³/mol. The molecule has 0 aliphatic carbocycles. The van der Waals surface area contributed by atoms with Crippen LogP contribution in [0.1, 0.15) is 54.6 Å². The minimum atomic E-state index is -0.131. The Morgan fingerprint density at radius 3 is 2.37 bits per heavy atom. The highest BCUT2D eigenvalue weighted by Crippen LogP contribution is 2.23. The molecule has 144 valence electrons. The van der Waals surface area contributed by atoms with E-state index in [1.807, 2.05) is 13.0 Å². The highest BCUT2D eigenvalue weighted by atomic mass is 16.1. The van der Waals surface area contributed by atoms with Gasteiger partial charge in [0.25, 0.3) is 5.91 Å². The Hall–Kier alpha value is -2.47. The third kappa shape index (κ3) is 5.50. The molecular weight excluding hydrogens is 338 g/mol. The van der Waals surface area contributed by atoms with Crippen molar-refractivity contribution in [3.05, 3.63) is 53.9 Å². The van der Waals surface area contributed by atoms with Gasteiger partial charge in [-0.25, -0.2) is 9.97 Å². The number of amides is 1. The van der Waals surface area contributed by atoms with Crippen molar-refractivity contribution in [1.29, 1.82) is 0 Å². The third-order valence-corrected chi connectivity index (χ3v) is 4.97. The quantitative estimate of drug-likeness (QED) is 0.786. The van der Waals surface area contributed by atoms with Crippen LogP contribution < -0.4 is 10.6 Å². The molecule has 6 heteroatoms. The van der Waals surface area contributed by atoms with E-state index < -0.39 is 0 Å². The Bertz CT molecular complexity index is 696. The van der Waals surface area contributed by atoms with Crippen LogP contribution in [0.2, 0.25) is 0 Å². The summed E-state index contributed by atoms with van der Waals surface area (Å²) in [6, 6.07) is 10.6. The number of carbonyl (C=O) groups is 1.